The lowest BCUT2D eigenvalue weighted by Gasteiger charge is -2.36. The van der Waals surface area contributed by atoms with E-state index in [1.165, 1.54) is 0 Å². The summed E-state index contributed by atoms with van der Waals surface area (Å²) in [6.45, 7) is 10.5. The lowest BCUT2D eigenvalue weighted by atomic mass is 9.78. The third-order valence-corrected chi connectivity index (χ3v) is 2.65. The number of halogens is 6. The minimum absolute atomic E-state index is 0.0765. The second kappa shape index (κ2) is 10.4. The molecule has 0 aliphatic heterocycles. The standard InChI is InChI=1S/C9H14F6.2C2H6/c1-3-5-6-7(4-2,8(10,11)12)9(13,14)15;2*1-2/h3-6H2,1-2H3;2*1-2H3. The number of rotatable bonds is 4. The average Bonchev–Trinajstić information content (AvgIpc) is 2.32. The van der Waals surface area contributed by atoms with Crippen LogP contribution < -0.4 is 0 Å². The van der Waals surface area contributed by atoms with E-state index in [1.807, 2.05) is 27.7 Å². The fourth-order valence-corrected chi connectivity index (χ4v) is 1.50. The van der Waals surface area contributed by atoms with Crippen LogP contribution in [0.3, 0.4) is 0 Å². The van der Waals surface area contributed by atoms with Gasteiger partial charge in [-0.3, -0.25) is 0 Å². The topological polar surface area (TPSA) is 0 Å². The molecule has 0 unspecified atom stereocenters. The minimum atomic E-state index is -5.23. The Balaban J connectivity index is -0.000000579. The van der Waals surface area contributed by atoms with Crippen molar-refractivity contribution in [3.63, 3.8) is 0 Å². The van der Waals surface area contributed by atoms with Crippen LogP contribution in [0, 0.1) is 5.41 Å². The third-order valence-electron chi connectivity index (χ3n) is 2.65. The summed E-state index contributed by atoms with van der Waals surface area (Å²) >= 11 is 0. The molecule has 6 heteroatoms. The lowest BCUT2D eigenvalue weighted by Crippen LogP contribution is -2.49. The van der Waals surface area contributed by atoms with E-state index in [0.29, 0.717) is 6.42 Å². The van der Waals surface area contributed by atoms with Gasteiger partial charge in [-0.1, -0.05) is 54.4 Å². The van der Waals surface area contributed by atoms with Crippen molar-refractivity contribution in [2.75, 3.05) is 0 Å². The van der Waals surface area contributed by atoms with Crippen molar-refractivity contribution in [1.29, 1.82) is 0 Å². The molecule has 0 atom stereocenters. The molecule has 0 fully saturated rings. The zero-order valence-corrected chi connectivity index (χ0v) is 12.6. The highest BCUT2D eigenvalue weighted by molar-refractivity contribution is 4.91. The monoisotopic (exact) mass is 296 g/mol. The first-order valence-electron chi connectivity index (χ1n) is 6.76. The fraction of sp³-hybridized carbons (Fsp3) is 1.00. The van der Waals surface area contributed by atoms with Gasteiger partial charge in [-0.2, -0.15) is 26.3 Å². The summed E-state index contributed by atoms with van der Waals surface area (Å²) in [6.07, 6.45) is -12.1. The molecule has 0 aliphatic rings. The van der Waals surface area contributed by atoms with Gasteiger partial charge in [0.05, 0.1) is 0 Å². The third kappa shape index (κ3) is 6.52. The van der Waals surface area contributed by atoms with Crippen LogP contribution in [0.25, 0.3) is 0 Å². The maximum absolute atomic E-state index is 12.5. The van der Waals surface area contributed by atoms with Gasteiger partial charge in [-0.05, 0) is 12.8 Å². The van der Waals surface area contributed by atoms with Gasteiger partial charge in [0.1, 0.15) is 0 Å². The largest absolute Gasteiger partial charge is 0.403 e. The van der Waals surface area contributed by atoms with E-state index in [1.54, 1.807) is 6.92 Å². The smallest absolute Gasteiger partial charge is 0.170 e. The summed E-state index contributed by atoms with van der Waals surface area (Å²) in [7, 11) is 0. The van der Waals surface area contributed by atoms with Crippen molar-refractivity contribution in [1.82, 2.24) is 0 Å². The normalized spacial score (nSPS) is 12.0. The first-order chi connectivity index (χ1) is 8.62. The molecule has 0 aromatic carbocycles. The molecule has 0 aliphatic carbocycles. The summed E-state index contributed by atoms with van der Waals surface area (Å²) in [6, 6.07) is 0. The summed E-state index contributed by atoms with van der Waals surface area (Å²) in [5, 5.41) is 0. The van der Waals surface area contributed by atoms with Crippen LogP contribution in [-0.4, -0.2) is 12.4 Å². The Morgan fingerprint density at radius 3 is 1.16 bits per heavy atom. The summed E-state index contributed by atoms with van der Waals surface area (Å²) < 4.78 is 74.8. The number of hydrogen-bond donors (Lipinski definition) is 0. The van der Waals surface area contributed by atoms with Crippen LogP contribution in [0.2, 0.25) is 0 Å². The molecular formula is C13H26F6. The lowest BCUT2D eigenvalue weighted by molar-refractivity contribution is -0.344. The molecule has 0 aromatic rings. The maximum Gasteiger partial charge on any atom is 0.403 e. The van der Waals surface area contributed by atoms with Crippen LogP contribution in [0.15, 0.2) is 0 Å². The van der Waals surface area contributed by atoms with Gasteiger partial charge in [-0.15, -0.1) is 0 Å². The van der Waals surface area contributed by atoms with Gasteiger partial charge in [-0.25, -0.2) is 0 Å². The van der Waals surface area contributed by atoms with Crippen LogP contribution in [0.1, 0.15) is 67.2 Å². The maximum atomic E-state index is 12.5. The number of hydrogen-bond acceptors (Lipinski definition) is 0. The quantitative estimate of drug-likeness (QED) is 0.503. The van der Waals surface area contributed by atoms with E-state index >= 15 is 0 Å². The van der Waals surface area contributed by atoms with Gasteiger partial charge >= 0.3 is 12.4 Å². The number of unbranched alkanes of at least 4 members (excludes halogenated alkanes) is 1. The van der Waals surface area contributed by atoms with Crippen molar-refractivity contribution in [2.45, 2.75) is 79.6 Å². The van der Waals surface area contributed by atoms with Crippen molar-refractivity contribution >= 4 is 0 Å². The highest BCUT2D eigenvalue weighted by Gasteiger charge is 2.68. The van der Waals surface area contributed by atoms with Gasteiger partial charge in [0.2, 0.25) is 0 Å². The van der Waals surface area contributed by atoms with Crippen molar-refractivity contribution in [3.05, 3.63) is 0 Å². The van der Waals surface area contributed by atoms with Gasteiger partial charge in [0, 0.05) is 0 Å². The van der Waals surface area contributed by atoms with Gasteiger partial charge in [0.25, 0.3) is 0 Å². The Morgan fingerprint density at radius 2 is 1.00 bits per heavy atom. The Labute approximate surface area is 112 Å². The molecule has 0 saturated heterocycles. The Kier molecular flexibility index (Phi) is 12.9. The summed E-state index contributed by atoms with van der Waals surface area (Å²) in [4.78, 5) is 0. The molecule has 0 N–H and O–H groups in total. The zero-order valence-electron chi connectivity index (χ0n) is 12.6. The molecule has 0 spiro atoms. The Bertz CT molecular complexity index is 178. The van der Waals surface area contributed by atoms with Crippen LogP contribution in [0.5, 0.6) is 0 Å². The Morgan fingerprint density at radius 1 is 0.684 bits per heavy atom. The van der Waals surface area contributed by atoms with E-state index in [4.69, 9.17) is 0 Å². The molecule has 0 amide bonds. The van der Waals surface area contributed by atoms with Crippen molar-refractivity contribution < 1.29 is 26.3 Å². The van der Waals surface area contributed by atoms with E-state index in [-0.39, 0.29) is 6.42 Å². The predicted molar refractivity (Wildman–Crippen MR) is 67.1 cm³/mol. The summed E-state index contributed by atoms with van der Waals surface area (Å²) in [5.41, 5.74) is -3.53. The molecule has 19 heavy (non-hydrogen) atoms. The van der Waals surface area contributed by atoms with Crippen LogP contribution in [-0.2, 0) is 0 Å². The molecule has 0 saturated carbocycles. The van der Waals surface area contributed by atoms with Crippen LogP contribution in [0.4, 0.5) is 26.3 Å². The second-order valence-corrected chi connectivity index (χ2v) is 3.53. The first-order valence-corrected chi connectivity index (χ1v) is 6.76. The minimum Gasteiger partial charge on any atom is -0.170 e. The molecule has 0 nitrogen and oxygen atoms in total. The first kappa shape index (κ1) is 23.7. The zero-order chi connectivity index (χ0) is 16.3. The molecule has 0 aromatic heterocycles. The van der Waals surface area contributed by atoms with Crippen molar-refractivity contribution in [2.24, 2.45) is 5.41 Å². The average molecular weight is 296 g/mol. The molecule has 0 bridgehead atoms. The van der Waals surface area contributed by atoms with Gasteiger partial charge < -0.3 is 0 Å². The van der Waals surface area contributed by atoms with E-state index < -0.39 is 30.6 Å². The summed E-state index contributed by atoms with van der Waals surface area (Å²) in [5.74, 6) is 0. The Hall–Kier alpha value is -0.420. The van der Waals surface area contributed by atoms with Gasteiger partial charge in [0.15, 0.2) is 5.41 Å². The van der Waals surface area contributed by atoms with E-state index in [0.717, 1.165) is 6.92 Å². The second-order valence-electron chi connectivity index (χ2n) is 3.53. The van der Waals surface area contributed by atoms with E-state index in [9.17, 15) is 26.3 Å². The molecule has 0 heterocycles. The number of alkyl halides is 6. The molecular weight excluding hydrogens is 270 g/mol. The van der Waals surface area contributed by atoms with Crippen LogP contribution >= 0.6 is 0 Å². The molecule has 0 radical (unpaired) electrons. The van der Waals surface area contributed by atoms with Crippen molar-refractivity contribution in [3.8, 4) is 0 Å². The predicted octanol–water partition coefficient (Wildman–Crippen LogP) is 6.75. The highest BCUT2D eigenvalue weighted by Crippen LogP contribution is 2.55. The molecule has 0 rings (SSSR count). The fourth-order valence-electron chi connectivity index (χ4n) is 1.50. The molecule has 120 valence electrons. The SMILES string of the molecule is CC.CC.CCCCC(CC)(C(F)(F)F)C(F)(F)F. The van der Waals surface area contributed by atoms with E-state index in [2.05, 4.69) is 0 Å². The highest BCUT2D eigenvalue weighted by atomic mass is 19.4.